The normalized spacial score (nSPS) is 18.1. The number of carbonyl (C=O) groups is 1. The standard InChI is InChI=1S/C28H24Br2ClN3O3S/c1-33-27(35)25(38-28(33)32-21-6-8-22(9-7-21)34-10-12-36-13-11-34)16-19-14-23(30)26(24(31)15-19)37-17-18-2-4-20(29)5-3-18/h2-9,14-16H,10-13,17H2,1H3/b25-16-,32-28?. The summed E-state index contributed by atoms with van der Waals surface area (Å²) in [6.45, 7) is 3.64. The number of halogens is 3. The van der Waals surface area contributed by atoms with E-state index in [2.05, 4.69) is 48.9 Å². The van der Waals surface area contributed by atoms with Gasteiger partial charge in [-0.3, -0.25) is 9.69 Å². The number of rotatable bonds is 6. The summed E-state index contributed by atoms with van der Waals surface area (Å²) < 4.78 is 13.1. The third-order valence-corrected chi connectivity index (χ3v) is 8.53. The lowest BCUT2D eigenvalue weighted by Gasteiger charge is -2.28. The number of hydrogen-bond acceptors (Lipinski definition) is 6. The van der Waals surface area contributed by atoms with E-state index in [4.69, 9.17) is 26.1 Å². The third-order valence-electron chi connectivity index (χ3n) is 6.07. The largest absolute Gasteiger partial charge is 0.486 e. The quantitative estimate of drug-likeness (QED) is 0.253. The average molecular weight is 678 g/mol. The minimum absolute atomic E-state index is 0.110. The summed E-state index contributed by atoms with van der Waals surface area (Å²) in [5.41, 5.74) is 3.76. The summed E-state index contributed by atoms with van der Waals surface area (Å²) in [4.78, 5) is 22.1. The fourth-order valence-corrected chi connectivity index (χ4v) is 6.25. The molecule has 0 N–H and O–H groups in total. The summed E-state index contributed by atoms with van der Waals surface area (Å²) in [6.07, 6.45) is 1.82. The summed E-state index contributed by atoms with van der Waals surface area (Å²) in [6, 6.07) is 19.7. The molecule has 0 radical (unpaired) electrons. The van der Waals surface area contributed by atoms with E-state index in [1.54, 1.807) is 18.0 Å². The van der Waals surface area contributed by atoms with E-state index in [1.165, 1.54) is 11.8 Å². The van der Waals surface area contributed by atoms with Crippen LogP contribution >= 0.6 is 55.2 Å². The minimum atomic E-state index is -0.110. The topological polar surface area (TPSA) is 54.4 Å². The summed E-state index contributed by atoms with van der Waals surface area (Å²) >= 11 is 14.9. The van der Waals surface area contributed by atoms with Gasteiger partial charge in [0.2, 0.25) is 0 Å². The van der Waals surface area contributed by atoms with Crippen molar-refractivity contribution >= 4 is 83.7 Å². The van der Waals surface area contributed by atoms with E-state index in [9.17, 15) is 4.79 Å². The zero-order valence-electron chi connectivity index (χ0n) is 20.5. The number of likely N-dealkylation sites (N-methyl/N-ethyl adjacent to an activating group) is 1. The number of anilines is 1. The van der Waals surface area contributed by atoms with E-state index >= 15 is 0 Å². The predicted octanol–water partition coefficient (Wildman–Crippen LogP) is 7.51. The molecule has 38 heavy (non-hydrogen) atoms. The van der Waals surface area contributed by atoms with Gasteiger partial charge in [0.05, 0.1) is 33.3 Å². The van der Waals surface area contributed by atoms with Gasteiger partial charge in [0, 0.05) is 30.3 Å². The number of hydrogen-bond donors (Lipinski definition) is 0. The SMILES string of the molecule is CN1C(=O)/C(=C/c2cc(Cl)c(OCc3ccc(Br)cc3)c(Br)c2)SC1=Nc1ccc(N2CCOCC2)cc1. The molecule has 0 bridgehead atoms. The van der Waals surface area contributed by atoms with Crippen molar-refractivity contribution in [1.29, 1.82) is 0 Å². The van der Waals surface area contributed by atoms with Gasteiger partial charge in [0.25, 0.3) is 5.91 Å². The molecule has 3 aromatic rings. The molecule has 0 saturated carbocycles. The fourth-order valence-electron chi connectivity index (χ4n) is 4.01. The molecule has 1 amide bonds. The summed E-state index contributed by atoms with van der Waals surface area (Å²) in [5.74, 6) is 0.448. The lowest BCUT2D eigenvalue weighted by molar-refractivity contribution is -0.121. The second-order valence-corrected chi connectivity index (χ2v) is 11.9. The molecule has 0 aliphatic carbocycles. The zero-order chi connectivity index (χ0) is 26.6. The number of nitrogens with zero attached hydrogens (tertiary/aromatic N) is 3. The van der Waals surface area contributed by atoms with Crippen LogP contribution in [-0.2, 0) is 16.1 Å². The van der Waals surface area contributed by atoms with Gasteiger partial charge in [0.1, 0.15) is 6.61 Å². The van der Waals surface area contributed by atoms with E-state index in [1.807, 2.05) is 48.5 Å². The third kappa shape index (κ3) is 6.46. The number of amidine groups is 1. The van der Waals surface area contributed by atoms with Crippen LogP contribution in [0, 0.1) is 0 Å². The van der Waals surface area contributed by atoms with Crippen LogP contribution in [0.25, 0.3) is 6.08 Å². The fraction of sp³-hybridized carbons (Fsp3) is 0.214. The molecule has 10 heteroatoms. The van der Waals surface area contributed by atoms with Crippen molar-refractivity contribution in [3.8, 4) is 5.75 Å². The van der Waals surface area contributed by atoms with Gasteiger partial charge in [-0.05, 0) is 93.4 Å². The Morgan fingerprint density at radius 1 is 1.08 bits per heavy atom. The van der Waals surface area contributed by atoms with Gasteiger partial charge in [-0.2, -0.15) is 0 Å². The molecule has 0 atom stereocenters. The van der Waals surface area contributed by atoms with Crippen LogP contribution in [0.1, 0.15) is 11.1 Å². The molecule has 2 fully saturated rings. The Labute approximate surface area is 247 Å². The van der Waals surface area contributed by atoms with Crippen LogP contribution in [0.15, 0.2) is 79.5 Å². The molecule has 3 aromatic carbocycles. The molecular weight excluding hydrogens is 654 g/mol. The van der Waals surface area contributed by atoms with Gasteiger partial charge in [-0.15, -0.1) is 0 Å². The smallest absolute Gasteiger partial charge is 0.266 e. The van der Waals surface area contributed by atoms with Crippen LogP contribution in [0.5, 0.6) is 5.75 Å². The average Bonchev–Trinajstić information content (AvgIpc) is 3.17. The maximum atomic E-state index is 13.0. The Morgan fingerprint density at radius 2 is 1.79 bits per heavy atom. The van der Waals surface area contributed by atoms with Gasteiger partial charge in [0.15, 0.2) is 10.9 Å². The number of benzene rings is 3. The monoisotopic (exact) mass is 675 g/mol. The lowest BCUT2D eigenvalue weighted by Crippen LogP contribution is -2.36. The molecule has 0 unspecified atom stereocenters. The Morgan fingerprint density at radius 3 is 2.47 bits per heavy atom. The van der Waals surface area contributed by atoms with E-state index in [0.717, 1.165) is 53.3 Å². The highest BCUT2D eigenvalue weighted by molar-refractivity contribution is 9.10. The number of thioether (sulfide) groups is 1. The zero-order valence-corrected chi connectivity index (χ0v) is 25.2. The first-order chi connectivity index (χ1) is 18.4. The maximum Gasteiger partial charge on any atom is 0.266 e. The predicted molar refractivity (Wildman–Crippen MR) is 163 cm³/mol. The molecule has 0 aromatic heterocycles. The number of morpholine rings is 1. The van der Waals surface area contributed by atoms with Crippen molar-refractivity contribution in [2.24, 2.45) is 4.99 Å². The van der Waals surface area contributed by atoms with Crippen molar-refractivity contribution in [3.05, 3.63) is 90.7 Å². The van der Waals surface area contributed by atoms with Crippen LogP contribution in [0.2, 0.25) is 5.02 Å². The van der Waals surface area contributed by atoms with Crippen molar-refractivity contribution in [2.75, 3.05) is 38.3 Å². The van der Waals surface area contributed by atoms with Crippen LogP contribution in [-0.4, -0.2) is 49.3 Å². The molecule has 0 spiro atoms. The second kappa shape index (κ2) is 12.3. The number of ether oxygens (including phenoxy) is 2. The van der Waals surface area contributed by atoms with Gasteiger partial charge in [-0.1, -0.05) is 39.7 Å². The van der Waals surface area contributed by atoms with E-state index in [0.29, 0.717) is 31.9 Å². The molecule has 2 saturated heterocycles. The Bertz CT molecular complexity index is 1370. The first-order valence-corrected chi connectivity index (χ1v) is 14.7. The summed E-state index contributed by atoms with van der Waals surface area (Å²) in [7, 11) is 1.74. The molecule has 5 rings (SSSR count). The van der Waals surface area contributed by atoms with Crippen LogP contribution in [0.3, 0.4) is 0 Å². The lowest BCUT2D eigenvalue weighted by atomic mass is 10.2. The van der Waals surface area contributed by atoms with Crippen molar-refractivity contribution < 1.29 is 14.3 Å². The second-order valence-electron chi connectivity index (χ2n) is 8.71. The highest BCUT2D eigenvalue weighted by Gasteiger charge is 2.30. The van der Waals surface area contributed by atoms with E-state index in [-0.39, 0.29) is 5.91 Å². The molecule has 6 nitrogen and oxygen atoms in total. The minimum Gasteiger partial charge on any atom is -0.486 e. The first kappa shape index (κ1) is 27.3. The van der Waals surface area contributed by atoms with Crippen molar-refractivity contribution in [1.82, 2.24) is 4.90 Å². The Kier molecular flexibility index (Phi) is 8.80. The molecular formula is C28H24Br2ClN3O3S. The number of carbonyl (C=O) groups excluding carboxylic acids is 1. The number of amides is 1. The van der Waals surface area contributed by atoms with Gasteiger partial charge >= 0.3 is 0 Å². The van der Waals surface area contributed by atoms with Crippen molar-refractivity contribution in [3.63, 3.8) is 0 Å². The van der Waals surface area contributed by atoms with Gasteiger partial charge < -0.3 is 14.4 Å². The Hall–Kier alpha value is -2.30. The molecule has 2 heterocycles. The molecule has 2 aliphatic rings. The first-order valence-electron chi connectivity index (χ1n) is 11.9. The van der Waals surface area contributed by atoms with Crippen LogP contribution in [0.4, 0.5) is 11.4 Å². The molecule has 196 valence electrons. The Balaban J connectivity index is 1.29. The maximum absolute atomic E-state index is 13.0. The number of aliphatic imine (C=N–C) groups is 1. The highest BCUT2D eigenvalue weighted by atomic mass is 79.9. The van der Waals surface area contributed by atoms with Gasteiger partial charge in [-0.25, -0.2) is 4.99 Å². The van der Waals surface area contributed by atoms with E-state index < -0.39 is 0 Å². The van der Waals surface area contributed by atoms with Crippen LogP contribution < -0.4 is 9.64 Å². The van der Waals surface area contributed by atoms with Crippen molar-refractivity contribution in [2.45, 2.75) is 6.61 Å². The highest BCUT2D eigenvalue weighted by Crippen LogP contribution is 2.38. The summed E-state index contributed by atoms with van der Waals surface area (Å²) in [5, 5.41) is 1.08. The molecule has 2 aliphatic heterocycles.